The van der Waals surface area contributed by atoms with Gasteiger partial charge in [0.1, 0.15) is 6.10 Å². The third-order valence-electron chi connectivity index (χ3n) is 8.74. The van der Waals surface area contributed by atoms with Crippen molar-refractivity contribution in [1.29, 1.82) is 0 Å². The molecule has 222 valence electrons. The van der Waals surface area contributed by atoms with Crippen LogP contribution in [-0.4, -0.2) is 37.7 Å². The van der Waals surface area contributed by atoms with E-state index in [1.165, 1.54) is 10.4 Å². The van der Waals surface area contributed by atoms with Gasteiger partial charge in [-0.05, 0) is 47.0 Å². The fourth-order valence-electron chi connectivity index (χ4n) is 6.40. The smallest absolute Gasteiger partial charge is 0.306 e. The van der Waals surface area contributed by atoms with Crippen molar-refractivity contribution in [2.75, 3.05) is 0 Å². The van der Waals surface area contributed by atoms with E-state index in [1.54, 1.807) is 0 Å². The molecule has 5 atom stereocenters. The lowest BCUT2D eigenvalue weighted by molar-refractivity contribution is -0.150. The lowest BCUT2D eigenvalue weighted by Crippen LogP contribution is -2.67. The number of unbranched alkanes of at least 4 members (excludes halogenated alkanes) is 2. The van der Waals surface area contributed by atoms with Crippen LogP contribution in [0.2, 0.25) is 5.04 Å². The maximum absolute atomic E-state index is 12.3. The number of cyclic esters (lactones) is 1. The third kappa shape index (κ3) is 8.09. The number of hydrogen-bond acceptors (Lipinski definition) is 4. The predicted molar refractivity (Wildman–Crippen MR) is 171 cm³/mol. The Hall–Kier alpha value is -2.47. The van der Waals surface area contributed by atoms with Crippen molar-refractivity contribution in [2.45, 2.75) is 109 Å². The Bertz CT molecular complexity index is 1100. The number of allylic oxidation sites excluding steroid dienone is 1. The zero-order chi connectivity index (χ0) is 29.3. The molecule has 0 unspecified atom stereocenters. The Morgan fingerprint density at radius 3 is 2.27 bits per heavy atom. The van der Waals surface area contributed by atoms with Crippen molar-refractivity contribution >= 4 is 24.7 Å². The van der Waals surface area contributed by atoms with Crippen LogP contribution in [0.15, 0.2) is 85.0 Å². The van der Waals surface area contributed by atoms with Gasteiger partial charge in [-0.3, -0.25) is 4.79 Å². The number of carbonyl (C=O) groups is 1. The first-order valence-corrected chi connectivity index (χ1v) is 17.7. The molecule has 1 N–H and O–H groups in total. The maximum Gasteiger partial charge on any atom is 0.306 e. The highest BCUT2D eigenvalue weighted by atomic mass is 28.4. The summed E-state index contributed by atoms with van der Waals surface area (Å²) in [6.45, 7) is 9.15. The molecule has 0 spiro atoms. The van der Waals surface area contributed by atoms with Gasteiger partial charge in [0.2, 0.25) is 0 Å². The van der Waals surface area contributed by atoms with Gasteiger partial charge < -0.3 is 14.3 Å². The highest BCUT2D eigenvalue weighted by molar-refractivity contribution is 6.99. The summed E-state index contributed by atoms with van der Waals surface area (Å²) in [6.07, 6.45) is 15.7. The highest BCUT2D eigenvalue weighted by Gasteiger charge is 2.51. The van der Waals surface area contributed by atoms with Crippen molar-refractivity contribution in [1.82, 2.24) is 0 Å². The largest absolute Gasteiger partial charge is 0.462 e. The molecule has 0 aromatic heterocycles. The second-order valence-electron chi connectivity index (χ2n) is 12.9. The van der Waals surface area contributed by atoms with E-state index in [0.717, 1.165) is 51.4 Å². The number of benzene rings is 2. The van der Waals surface area contributed by atoms with Crippen LogP contribution in [0.5, 0.6) is 0 Å². The fourth-order valence-corrected chi connectivity index (χ4v) is 11.1. The average Bonchev–Trinajstić information content (AvgIpc) is 3.75. The average molecular weight is 575 g/mol. The van der Waals surface area contributed by atoms with Gasteiger partial charge in [0.15, 0.2) is 0 Å². The normalized spacial score (nSPS) is 24.1. The molecule has 4 nitrogen and oxygen atoms in total. The molecule has 0 saturated heterocycles. The number of carbonyl (C=O) groups excluding carboxylic acids is 1. The molecule has 4 rings (SSSR count). The van der Waals surface area contributed by atoms with E-state index in [-0.39, 0.29) is 35.1 Å². The standard InChI is InChI=1S/C36H50O4Si/c1-5-6-11-18-28(25-26-33(37)31-27-32(31)34-23-16-7-8-17-24-35(38)39-34)40-41(36(2,3)4,29-19-12-9-13-20-29)30-21-14-10-15-22-30/h7,9-10,12-16,19-22,25-26,28,31-34,37H,5-6,8,11,17-18,23-24,27H2,1-4H3/b16-7-,26-25+/t28-,31-,32-,33+,34+/m1/s1. The summed E-state index contributed by atoms with van der Waals surface area (Å²) in [5.41, 5.74) is 0. The number of esters is 1. The lowest BCUT2D eigenvalue weighted by atomic mass is 10.1. The SMILES string of the molecule is CCCCC[C@H](/C=C/[C@H](O)[C@@H]1C[C@H]1[C@@H]1C/C=C\CCCC(=O)O1)O[Si](c1ccccc1)(c1ccccc1)C(C)(C)C. The minimum absolute atomic E-state index is 0.106. The van der Waals surface area contributed by atoms with Crippen LogP contribution >= 0.6 is 0 Å². The number of ether oxygens (including phenoxy) is 1. The van der Waals surface area contributed by atoms with E-state index in [4.69, 9.17) is 9.16 Å². The lowest BCUT2D eigenvalue weighted by Gasteiger charge is -2.45. The van der Waals surface area contributed by atoms with E-state index in [9.17, 15) is 9.90 Å². The molecule has 1 aliphatic heterocycles. The fraction of sp³-hybridized carbons (Fsp3) is 0.528. The Morgan fingerprint density at radius 2 is 1.66 bits per heavy atom. The van der Waals surface area contributed by atoms with Crippen molar-refractivity contribution < 1.29 is 19.1 Å². The number of aliphatic hydroxyl groups is 1. The summed E-state index contributed by atoms with van der Waals surface area (Å²) in [7, 11) is -2.72. The zero-order valence-corrected chi connectivity index (χ0v) is 26.5. The van der Waals surface area contributed by atoms with Crippen LogP contribution in [0.25, 0.3) is 0 Å². The number of aliphatic hydroxyl groups excluding tert-OH is 1. The second kappa shape index (κ2) is 14.6. The van der Waals surface area contributed by atoms with Crippen molar-refractivity contribution in [3.63, 3.8) is 0 Å². The first-order valence-electron chi connectivity index (χ1n) is 15.8. The minimum atomic E-state index is -2.72. The predicted octanol–water partition coefficient (Wildman–Crippen LogP) is 7.11. The molecule has 1 aliphatic carbocycles. The minimum Gasteiger partial charge on any atom is -0.462 e. The van der Waals surface area contributed by atoms with E-state index in [0.29, 0.717) is 6.42 Å². The van der Waals surface area contributed by atoms with Gasteiger partial charge >= 0.3 is 5.97 Å². The van der Waals surface area contributed by atoms with E-state index < -0.39 is 14.4 Å². The molecule has 41 heavy (non-hydrogen) atoms. The molecule has 0 amide bonds. The molecule has 1 heterocycles. The Morgan fingerprint density at radius 1 is 1.00 bits per heavy atom. The van der Waals surface area contributed by atoms with Gasteiger partial charge in [0.25, 0.3) is 8.32 Å². The quantitative estimate of drug-likeness (QED) is 0.127. The van der Waals surface area contributed by atoms with E-state index in [2.05, 4.69) is 107 Å². The highest BCUT2D eigenvalue weighted by Crippen LogP contribution is 2.47. The monoisotopic (exact) mass is 574 g/mol. The van der Waals surface area contributed by atoms with Crippen LogP contribution in [0.3, 0.4) is 0 Å². The first-order chi connectivity index (χ1) is 19.8. The molecule has 1 saturated carbocycles. The number of rotatable bonds is 12. The Labute approximate surface area is 249 Å². The number of hydrogen-bond donors (Lipinski definition) is 1. The third-order valence-corrected chi connectivity index (χ3v) is 13.8. The van der Waals surface area contributed by atoms with Gasteiger partial charge in [-0.25, -0.2) is 0 Å². The summed E-state index contributed by atoms with van der Waals surface area (Å²) in [6, 6.07) is 21.5. The van der Waals surface area contributed by atoms with Crippen LogP contribution in [0.1, 0.15) is 85.5 Å². The first kappa shape index (κ1) is 31.5. The molecule has 2 aromatic rings. The molecular formula is C36H50O4Si. The van der Waals surface area contributed by atoms with Gasteiger partial charge in [-0.15, -0.1) is 0 Å². The van der Waals surface area contributed by atoms with Gasteiger partial charge in [-0.2, -0.15) is 0 Å². The van der Waals surface area contributed by atoms with Gasteiger partial charge in [0, 0.05) is 18.8 Å². The molecule has 5 heteroatoms. The van der Waals surface area contributed by atoms with Crippen LogP contribution in [-0.2, 0) is 14.0 Å². The van der Waals surface area contributed by atoms with Crippen molar-refractivity contribution in [3.8, 4) is 0 Å². The summed E-state index contributed by atoms with van der Waals surface area (Å²) >= 11 is 0. The summed E-state index contributed by atoms with van der Waals surface area (Å²) in [4.78, 5) is 12.3. The summed E-state index contributed by atoms with van der Waals surface area (Å²) in [5.74, 6) is 0.212. The molecule has 2 aliphatic rings. The Kier molecular flexibility index (Phi) is 11.2. The van der Waals surface area contributed by atoms with Gasteiger partial charge in [0.05, 0.1) is 12.2 Å². The topological polar surface area (TPSA) is 55.8 Å². The summed E-state index contributed by atoms with van der Waals surface area (Å²) in [5, 5.41) is 13.7. The maximum atomic E-state index is 12.3. The van der Waals surface area contributed by atoms with E-state index in [1.807, 2.05) is 6.08 Å². The van der Waals surface area contributed by atoms with Crippen molar-refractivity contribution in [3.05, 3.63) is 85.0 Å². The molecule has 0 bridgehead atoms. The Balaban J connectivity index is 1.58. The molecule has 0 radical (unpaired) electrons. The van der Waals surface area contributed by atoms with Crippen LogP contribution in [0.4, 0.5) is 0 Å². The molecule has 2 aromatic carbocycles. The van der Waals surface area contributed by atoms with Crippen LogP contribution in [0, 0.1) is 11.8 Å². The van der Waals surface area contributed by atoms with Gasteiger partial charge in [-0.1, -0.05) is 132 Å². The second-order valence-corrected chi connectivity index (χ2v) is 17.1. The van der Waals surface area contributed by atoms with E-state index >= 15 is 0 Å². The van der Waals surface area contributed by atoms with Crippen LogP contribution < -0.4 is 10.4 Å². The summed E-state index contributed by atoms with van der Waals surface area (Å²) < 4.78 is 13.3. The van der Waals surface area contributed by atoms with Crippen molar-refractivity contribution in [2.24, 2.45) is 11.8 Å². The molecule has 1 fully saturated rings. The molecular weight excluding hydrogens is 524 g/mol. The zero-order valence-electron chi connectivity index (χ0n) is 25.5.